The van der Waals surface area contributed by atoms with Crippen molar-refractivity contribution in [1.29, 1.82) is 0 Å². The van der Waals surface area contributed by atoms with Gasteiger partial charge in [0.05, 0.1) is 11.1 Å². The predicted octanol–water partition coefficient (Wildman–Crippen LogP) is 3.98. The molecule has 0 amide bonds. The van der Waals surface area contributed by atoms with E-state index >= 15 is 0 Å². The molecule has 1 aromatic rings. The highest BCUT2D eigenvalue weighted by Crippen LogP contribution is 2.28. The van der Waals surface area contributed by atoms with E-state index in [0.29, 0.717) is 12.1 Å². The highest BCUT2D eigenvalue weighted by atomic mass is 35.5. The van der Waals surface area contributed by atoms with Crippen LogP contribution in [0.5, 0.6) is 0 Å². The highest BCUT2D eigenvalue weighted by Gasteiger charge is 2.17. The van der Waals surface area contributed by atoms with Gasteiger partial charge in [-0.2, -0.15) is 0 Å². The summed E-state index contributed by atoms with van der Waals surface area (Å²) in [6.07, 6.45) is 5.27. The Morgan fingerprint density at radius 1 is 1.47 bits per heavy atom. The molecule has 106 valence electrons. The molecule has 1 N–H and O–H groups in total. The summed E-state index contributed by atoms with van der Waals surface area (Å²) < 4.78 is 5.67. The topological polar surface area (TPSA) is 21.3 Å². The Kier molecular flexibility index (Phi) is 6.51. The number of nitrogens with one attached hydrogen (secondary N) is 1. The van der Waals surface area contributed by atoms with Gasteiger partial charge in [-0.1, -0.05) is 23.7 Å². The zero-order valence-corrected chi connectivity index (χ0v) is 13.0. The fraction of sp³-hybridized carbons (Fsp3) is 0.600. The lowest BCUT2D eigenvalue weighted by Crippen LogP contribution is -2.28. The summed E-state index contributed by atoms with van der Waals surface area (Å²) in [4.78, 5) is 1.17. The Labute approximate surface area is 125 Å². The van der Waals surface area contributed by atoms with Crippen LogP contribution in [0.4, 0.5) is 0 Å². The van der Waals surface area contributed by atoms with E-state index in [1.165, 1.54) is 24.2 Å². The summed E-state index contributed by atoms with van der Waals surface area (Å²) in [6, 6.07) is 8.56. The van der Waals surface area contributed by atoms with Crippen molar-refractivity contribution in [3.8, 4) is 0 Å². The van der Waals surface area contributed by atoms with Gasteiger partial charge in [-0.3, -0.25) is 0 Å². The Hall–Kier alpha value is -0.220. The Morgan fingerprint density at radius 2 is 2.32 bits per heavy atom. The van der Waals surface area contributed by atoms with E-state index in [4.69, 9.17) is 16.3 Å². The van der Waals surface area contributed by atoms with Crippen molar-refractivity contribution >= 4 is 23.4 Å². The Balaban J connectivity index is 1.74. The molecule has 19 heavy (non-hydrogen) atoms. The van der Waals surface area contributed by atoms with Crippen LogP contribution < -0.4 is 5.32 Å². The van der Waals surface area contributed by atoms with Gasteiger partial charge in [-0.25, -0.2) is 0 Å². The number of ether oxygens (including phenoxy) is 1. The average molecular weight is 300 g/mol. The molecule has 1 heterocycles. The summed E-state index contributed by atoms with van der Waals surface area (Å²) in [5.41, 5.74) is 0. The van der Waals surface area contributed by atoms with E-state index in [-0.39, 0.29) is 0 Å². The van der Waals surface area contributed by atoms with Crippen LogP contribution >= 0.6 is 23.4 Å². The molecule has 1 saturated heterocycles. The largest absolute Gasteiger partial charge is 0.378 e. The van der Waals surface area contributed by atoms with Crippen LogP contribution in [-0.4, -0.2) is 31.6 Å². The lowest BCUT2D eigenvalue weighted by atomic mass is 10.1. The number of rotatable bonds is 7. The summed E-state index contributed by atoms with van der Waals surface area (Å²) in [6.45, 7) is 0.948. The molecule has 0 aromatic heterocycles. The fourth-order valence-corrected chi connectivity index (χ4v) is 3.72. The Morgan fingerprint density at radius 3 is 3.00 bits per heavy atom. The first-order chi connectivity index (χ1) is 9.29. The number of halogens is 1. The summed E-state index contributed by atoms with van der Waals surface area (Å²) in [5.74, 6) is 1.05. The molecule has 2 rings (SSSR count). The third-order valence-electron chi connectivity index (χ3n) is 3.55. The molecule has 0 spiro atoms. The van der Waals surface area contributed by atoms with E-state index in [9.17, 15) is 0 Å². The fourth-order valence-electron chi connectivity index (χ4n) is 2.32. The molecule has 0 saturated carbocycles. The van der Waals surface area contributed by atoms with E-state index in [2.05, 4.69) is 11.4 Å². The standard InChI is InChI=1S/C15H22ClNOS/c1-17-12(8-9-13-5-4-10-18-13)11-19-15-7-3-2-6-14(15)16/h2-3,6-7,12-13,17H,4-5,8-11H2,1H3. The van der Waals surface area contributed by atoms with Gasteiger partial charge in [-0.15, -0.1) is 11.8 Å². The second kappa shape index (κ2) is 8.15. The van der Waals surface area contributed by atoms with Crippen LogP contribution in [0, 0.1) is 0 Å². The maximum Gasteiger partial charge on any atom is 0.0576 e. The monoisotopic (exact) mass is 299 g/mol. The van der Waals surface area contributed by atoms with Gasteiger partial charge in [0, 0.05) is 23.3 Å². The Bertz CT molecular complexity index is 382. The number of hydrogen-bond acceptors (Lipinski definition) is 3. The van der Waals surface area contributed by atoms with Gasteiger partial charge in [-0.05, 0) is 44.9 Å². The quantitative estimate of drug-likeness (QED) is 0.770. The SMILES string of the molecule is CNC(CCC1CCCO1)CSc1ccccc1Cl. The van der Waals surface area contributed by atoms with Gasteiger partial charge in [0.2, 0.25) is 0 Å². The van der Waals surface area contributed by atoms with Gasteiger partial charge in [0.25, 0.3) is 0 Å². The lowest BCUT2D eigenvalue weighted by Gasteiger charge is -2.18. The van der Waals surface area contributed by atoms with Crippen LogP contribution in [0.3, 0.4) is 0 Å². The van der Waals surface area contributed by atoms with Crippen LogP contribution in [0.2, 0.25) is 5.02 Å². The molecule has 4 heteroatoms. The third kappa shape index (κ3) is 4.99. The zero-order valence-electron chi connectivity index (χ0n) is 11.4. The maximum atomic E-state index is 6.17. The summed E-state index contributed by atoms with van der Waals surface area (Å²) >= 11 is 8.00. The van der Waals surface area contributed by atoms with Gasteiger partial charge < -0.3 is 10.1 Å². The van der Waals surface area contributed by atoms with Crippen molar-refractivity contribution in [2.45, 2.75) is 42.7 Å². The molecule has 0 radical (unpaired) electrons. The van der Waals surface area contributed by atoms with E-state index in [1.807, 2.05) is 37.0 Å². The van der Waals surface area contributed by atoms with Crippen LogP contribution in [0.25, 0.3) is 0 Å². The number of hydrogen-bond donors (Lipinski definition) is 1. The number of benzene rings is 1. The molecule has 1 aliphatic heterocycles. The van der Waals surface area contributed by atoms with E-state index in [1.54, 1.807) is 0 Å². The molecule has 1 aliphatic rings. The molecule has 2 unspecified atom stereocenters. The molecule has 2 atom stereocenters. The minimum Gasteiger partial charge on any atom is -0.378 e. The average Bonchev–Trinajstić information content (AvgIpc) is 2.94. The van der Waals surface area contributed by atoms with E-state index < -0.39 is 0 Å². The lowest BCUT2D eigenvalue weighted by molar-refractivity contribution is 0.100. The van der Waals surface area contributed by atoms with Gasteiger partial charge >= 0.3 is 0 Å². The summed E-state index contributed by atoms with van der Waals surface area (Å²) in [7, 11) is 2.04. The summed E-state index contributed by atoms with van der Waals surface area (Å²) in [5, 5.41) is 4.24. The minimum atomic E-state index is 0.487. The highest BCUT2D eigenvalue weighted by molar-refractivity contribution is 7.99. The molecule has 2 nitrogen and oxygen atoms in total. The van der Waals surface area contributed by atoms with Crippen molar-refractivity contribution < 1.29 is 4.74 Å². The second-order valence-electron chi connectivity index (χ2n) is 4.94. The molecule has 0 bridgehead atoms. The zero-order chi connectivity index (χ0) is 13.5. The molecular weight excluding hydrogens is 278 g/mol. The maximum absolute atomic E-state index is 6.17. The van der Waals surface area contributed by atoms with Crippen molar-refractivity contribution in [2.24, 2.45) is 0 Å². The normalized spacial score (nSPS) is 20.6. The first-order valence-corrected chi connectivity index (χ1v) is 8.32. The van der Waals surface area contributed by atoms with Gasteiger partial charge in [0.1, 0.15) is 0 Å². The molecule has 1 fully saturated rings. The smallest absolute Gasteiger partial charge is 0.0576 e. The van der Waals surface area contributed by atoms with Crippen molar-refractivity contribution in [3.05, 3.63) is 29.3 Å². The first-order valence-electron chi connectivity index (χ1n) is 6.96. The van der Waals surface area contributed by atoms with Crippen molar-refractivity contribution in [1.82, 2.24) is 5.32 Å². The van der Waals surface area contributed by atoms with Crippen LogP contribution in [0.1, 0.15) is 25.7 Å². The first kappa shape index (κ1) is 15.2. The third-order valence-corrected chi connectivity index (χ3v) is 5.22. The van der Waals surface area contributed by atoms with Crippen molar-refractivity contribution in [3.63, 3.8) is 0 Å². The van der Waals surface area contributed by atoms with Crippen LogP contribution in [0.15, 0.2) is 29.2 Å². The minimum absolute atomic E-state index is 0.487. The van der Waals surface area contributed by atoms with Crippen molar-refractivity contribution in [2.75, 3.05) is 19.4 Å². The predicted molar refractivity (Wildman–Crippen MR) is 83.2 cm³/mol. The number of thioether (sulfide) groups is 1. The second-order valence-corrected chi connectivity index (χ2v) is 6.41. The van der Waals surface area contributed by atoms with Gasteiger partial charge in [0.15, 0.2) is 0 Å². The van der Waals surface area contributed by atoms with E-state index in [0.717, 1.165) is 23.8 Å². The van der Waals surface area contributed by atoms with Crippen LogP contribution in [-0.2, 0) is 4.74 Å². The molecular formula is C15H22ClNOS. The molecule has 1 aromatic carbocycles. The molecule has 0 aliphatic carbocycles.